The van der Waals surface area contributed by atoms with E-state index in [1.165, 1.54) is 5.56 Å². The molecule has 0 radical (unpaired) electrons. The van der Waals surface area contributed by atoms with E-state index in [1.807, 2.05) is 13.0 Å². The van der Waals surface area contributed by atoms with E-state index < -0.39 is 0 Å². The minimum absolute atomic E-state index is 0.0245. The topological polar surface area (TPSA) is 46.2 Å². The van der Waals surface area contributed by atoms with Crippen molar-refractivity contribution in [2.45, 2.75) is 65.3 Å². The maximum Gasteiger partial charge on any atom is 0.119 e. The molecule has 0 aliphatic carbocycles. The van der Waals surface area contributed by atoms with E-state index in [4.69, 9.17) is 5.73 Å². The summed E-state index contributed by atoms with van der Waals surface area (Å²) in [4.78, 5) is 0. The van der Waals surface area contributed by atoms with Gasteiger partial charge in [-0.1, -0.05) is 47.6 Å². The van der Waals surface area contributed by atoms with Crippen LogP contribution in [0.2, 0.25) is 0 Å². The van der Waals surface area contributed by atoms with Crippen LogP contribution < -0.4 is 5.73 Å². The summed E-state index contributed by atoms with van der Waals surface area (Å²) in [5.74, 6) is 0.350. The molecule has 0 aliphatic rings. The SMILES string of the molecule is CC(N)c1c(C(C)(C)C)ccc(O)c1C(C)(C)C. The number of benzene rings is 1. The molecule has 2 heteroatoms. The lowest BCUT2D eigenvalue weighted by atomic mass is 9.74. The summed E-state index contributed by atoms with van der Waals surface area (Å²) in [6.45, 7) is 14.9. The second-order valence-corrected chi connectivity index (χ2v) is 7.21. The van der Waals surface area contributed by atoms with Gasteiger partial charge in [0.15, 0.2) is 0 Å². The van der Waals surface area contributed by atoms with Gasteiger partial charge >= 0.3 is 0 Å². The molecule has 0 amide bonds. The first-order chi connectivity index (χ1) is 7.96. The van der Waals surface area contributed by atoms with Crippen LogP contribution in [0.3, 0.4) is 0 Å². The van der Waals surface area contributed by atoms with Crippen molar-refractivity contribution in [2.75, 3.05) is 0 Å². The molecule has 0 saturated heterocycles. The van der Waals surface area contributed by atoms with Gasteiger partial charge in [0, 0.05) is 11.6 Å². The Bertz CT molecular complexity index is 434. The Kier molecular flexibility index (Phi) is 3.83. The number of nitrogens with two attached hydrogens (primary N) is 1. The van der Waals surface area contributed by atoms with Crippen LogP contribution >= 0.6 is 0 Å². The van der Waals surface area contributed by atoms with Gasteiger partial charge in [0.2, 0.25) is 0 Å². The third-order valence-electron chi connectivity index (χ3n) is 3.24. The zero-order valence-corrected chi connectivity index (χ0v) is 12.8. The van der Waals surface area contributed by atoms with Crippen molar-refractivity contribution < 1.29 is 5.11 Å². The minimum Gasteiger partial charge on any atom is -0.508 e. The molecule has 1 rings (SSSR count). The summed E-state index contributed by atoms with van der Waals surface area (Å²) in [6, 6.07) is 3.72. The van der Waals surface area contributed by atoms with Crippen LogP contribution in [0.5, 0.6) is 5.75 Å². The Labute approximate surface area is 111 Å². The molecule has 1 aromatic carbocycles. The molecular weight excluding hydrogens is 222 g/mol. The van der Waals surface area contributed by atoms with Crippen LogP contribution in [-0.4, -0.2) is 5.11 Å². The first-order valence-electron chi connectivity index (χ1n) is 6.58. The molecule has 0 bridgehead atoms. The molecule has 1 unspecified atom stereocenters. The molecule has 102 valence electrons. The van der Waals surface area contributed by atoms with E-state index in [-0.39, 0.29) is 16.9 Å². The molecule has 0 aromatic heterocycles. The normalized spacial score (nSPS) is 14.7. The van der Waals surface area contributed by atoms with Crippen LogP contribution in [0.15, 0.2) is 12.1 Å². The van der Waals surface area contributed by atoms with Crippen molar-refractivity contribution in [3.63, 3.8) is 0 Å². The summed E-state index contributed by atoms with van der Waals surface area (Å²) >= 11 is 0. The highest BCUT2D eigenvalue weighted by Gasteiger charge is 2.29. The molecule has 18 heavy (non-hydrogen) atoms. The molecular formula is C16H27NO. The smallest absolute Gasteiger partial charge is 0.119 e. The summed E-state index contributed by atoms with van der Waals surface area (Å²) < 4.78 is 0. The fourth-order valence-electron chi connectivity index (χ4n) is 2.52. The Balaban J connectivity index is 3.70. The highest BCUT2D eigenvalue weighted by atomic mass is 16.3. The highest BCUT2D eigenvalue weighted by Crippen LogP contribution is 2.41. The Morgan fingerprint density at radius 3 is 1.83 bits per heavy atom. The van der Waals surface area contributed by atoms with Gasteiger partial charge in [-0.25, -0.2) is 0 Å². The molecule has 0 fully saturated rings. The molecule has 1 aromatic rings. The first kappa shape index (κ1) is 15.0. The molecule has 3 N–H and O–H groups in total. The second-order valence-electron chi connectivity index (χ2n) is 7.21. The maximum atomic E-state index is 10.2. The lowest BCUT2D eigenvalue weighted by molar-refractivity contribution is 0.438. The highest BCUT2D eigenvalue weighted by molar-refractivity contribution is 5.51. The quantitative estimate of drug-likeness (QED) is 0.790. The summed E-state index contributed by atoms with van der Waals surface area (Å²) in [7, 11) is 0. The van der Waals surface area contributed by atoms with E-state index in [0.29, 0.717) is 5.75 Å². The Morgan fingerprint density at radius 2 is 1.50 bits per heavy atom. The molecule has 0 aliphatic heterocycles. The van der Waals surface area contributed by atoms with Gasteiger partial charge in [-0.2, -0.15) is 0 Å². The van der Waals surface area contributed by atoms with E-state index in [0.717, 1.165) is 11.1 Å². The second kappa shape index (κ2) is 4.58. The minimum atomic E-state index is -0.117. The Hall–Kier alpha value is -1.02. The van der Waals surface area contributed by atoms with Gasteiger partial charge in [-0.3, -0.25) is 0 Å². The lowest BCUT2D eigenvalue weighted by Gasteiger charge is -2.32. The third-order valence-corrected chi connectivity index (χ3v) is 3.24. The lowest BCUT2D eigenvalue weighted by Crippen LogP contribution is -2.24. The molecule has 2 nitrogen and oxygen atoms in total. The summed E-state index contributed by atoms with van der Waals surface area (Å²) in [5, 5.41) is 10.2. The Morgan fingerprint density at radius 1 is 1.00 bits per heavy atom. The van der Waals surface area contributed by atoms with Crippen LogP contribution in [0.1, 0.15) is 71.2 Å². The van der Waals surface area contributed by atoms with Gasteiger partial charge in [0.05, 0.1) is 0 Å². The van der Waals surface area contributed by atoms with Crippen LogP contribution in [0.25, 0.3) is 0 Å². The van der Waals surface area contributed by atoms with Crippen molar-refractivity contribution in [1.82, 2.24) is 0 Å². The zero-order chi connectivity index (χ0) is 14.3. The predicted molar refractivity (Wildman–Crippen MR) is 78.1 cm³/mol. The van der Waals surface area contributed by atoms with Gasteiger partial charge in [0.25, 0.3) is 0 Å². The molecule has 0 heterocycles. The number of hydrogen-bond acceptors (Lipinski definition) is 2. The monoisotopic (exact) mass is 249 g/mol. The van der Waals surface area contributed by atoms with Crippen LogP contribution in [-0.2, 0) is 10.8 Å². The standard InChI is InChI=1S/C16H27NO/c1-10(17)13-11(15(2,3)4)8-9-12(18)14(13)16(5,6)7/h8-10,18H,17H2,1-7H3. The van der Waals surface area contributed by atoms with Crippen LogP contribution in [0, 0.1) is 0 Å². The fraction of sp³-hybridized carbons (Fsp3) is 0.625. The largest absolute Gasteiger partial charge is 0.508 e. The van der Waals surface area contributed by atoms with Gasteiger partial charge in [0.1, 0.15) is 5.75 Å². The van der Waals surface area contributed by atoms with Gasteiger partial charge < -0.3 is 10.8 Å². The van der Waals surface area contributed by atoms with Crippen molar-refractivity contribution >= 4 is 0 Å². The molecule has 0 saturated carbocycles. The van der Waals surface area contributed by atoms with E-state index in [1.54, 1.807) is 6.07 Å². The number of aromatic hydroxyl groups is 1. The molecule has 1 atom stereocenters. The average molecular weight is 249 g/mol. The third kappa shape index (κ3) is 2.86. The number of rotatable bonds is 1. The number of hydrogen-bond donors (Lipinski definition) is 2. The first-order valence-corrected chi connectivity index (χ1v) is 6.58. The van der Waals surface area contributed by atoms with E-state index >= 15 is 0 Å². The maximum absolute atomic E-state index is 10.2. The zero-order valence-electron chi connectivity index (χ0n) is 12.8. The van der Waals surface area contributed by atoms with Gasteiger partial charge in [-0.05, 0) is 34.9 Å². The average Bonchev–Trinajstić information content (AvgIpc) is 2.12. The van der Waals surface area contributed by atoms with Crippen LogP contribution in [0.4, 0.5) is 0 Å². The van der Waals surface area contributed by atoms with E-state index in [9.17, 15) is 5.11 Å². The van der Waals surface area contributed by atoms with Crippen molar-refractivity contribution in [2.24, 2.45) is 5.73 Å². The van der Waals surface area contributed by atoms with Gasteiger partial charge in [-0.15, -0.1) is 0 Å². The fourth-order valence-corrected chi connectivity index (χ4v) is 2.52. The van der Waals surface area contributed by atoms with Crippen molar-refractivity contribution in [3.05, 3.63) is 28.8 Å². The van der Waals surface area contributed by atoms with Crippen molar-refractivity contribution in [3.8, 4) is 5.75 Å². The summed E-state index contributed by atoms with van der Waals surface area (Å²) in [6.07, 6.45) is 0. The number of phenolic OH excluding ortho intramolecular Hbond substituents is 1. The predicted octanol–water partition coefficient (Wildman–Crippen LogP) is 4.01. The summed E-state index contributed by atoms with van der Waals surface area (Å²) in [5.41, 5.74) is 9.37. The number of phenols is 1. The molecule has 0 spiro atoms. The van der Waals surface area contributed by atoms with E-state index in [2.05, 4.69) is 41.5 Å². The van der Waals surface area contributed by atoms with Crippen molar-refractivity contribution in [1.29, 1.82) is 0 Å².